The van der Waals surface area contributed by atoms with Gasteiger partial charge in [0.1, 0.15) is 0 Å². The largest absolute Gasteiger partial charge is 0.399 e. The van der Waals surface area contributed by atoms with Crippen molar-refractivity contribution < 1.29 is 17.9 Å². The number of fused-ring (bicyclic) bond motifs is 1. The van der Waals surface area contributed by atoms with Crippen molar-refractivity contribution in [3.05, 3.63) is 29.3 Å². The molecule has 8 heteroatoms. The second-order valence-electron chi connectivity index (χ2n) is 4.78. The summed E-state index contributed by atoms with van der Waals surface area (Å²) in [5, 5.41) is 0.831. The van der Waals surface area contributed by atoms with E-state index in [9.17, 15) is 13.2 Å². The zero-order valence-corrected chi connectivity index (χ0v) is 13.5. The third-order valence-corrected chi connectivity index (χ3v) is 4.31. The summed E-state index contributed by atoms with van der Waals surface area (Å²) in [6.07, 6.45) is 0.940. The molecule has 0 saturated heterocycles. The predicted molar refractivity (Wildman–Crippen MR) is 84.6 cm³/mol. The molecule has 3 rings (SSSR count). The average molecular weight is 335 g/mol. The summed E-state index contributed by atoms with van der Waals surface area (Å²) in [7, 11) is 3.75. The first-order chi connectivity index (χ1) is 10.5. The van der Waals surface area contributed by atoms with E-state index < -0.39 is 11.6 Å². The lowest BCUT2D eigenvalue weighted by Gasteiger charge is -2.19. The predicted octanol–water partition coefficient (Wildman–Crippen LogP) is 2.89. The van der Waals surface area contributed by atoms with Crippen LogP contribution in [0.15, 0.2) is 17.1 Å². The number of nitrogen functional groups attached to an aromatic ring is 1. The smallest absolute Gasteiger partial charge is 0.164 e. The summed E-state index contributed by atoms with van der Waals surface area (Å²) in [6, 6.07) is 2.04. The second kappa shape index (κ2) is 8.28. The molecule has 124 valence electrons. The fraction of sp³-hybridized carbons (Fsp3) is 0.500. The van der Waals surface area contributed by atoms with Crippen molar-refractivity contribution in [2.45, 2.75) is 17.7 Å². The van der Waals surface area contributed by atoms with Crippen LogP contribution in [0.1, 0.15) is 18.0 Å². The number of benzene rings is 1. The minimum absolute atomic E-state index is 0.211. The average Bonchev–Trinajstić information content (AvgIpc) is 3.24. The highest BCUT2D eigenvalue weighted by atomic mass is 32.2. The maximum atomic E-state index is 13.7. The van der Waals surface area contributed by atoms with Gasteiger partial charge in [-0.25, -0.2) is 8.78 Å². The molecule has 0 radical (unpaired) electrons. The quantitative estimate of drug-likeness (QED) is 0.774. The number of hydrogen-bond donors (Lipinski definition) is 2. The molecule has 4 N–H and O–H groups in total. The Balaban J connectivity index is 0.000000435. The van der Waals surface area contributed by atoms with Gasteiger partial charge in [-0.15, -0.1) is 0 Å². The molecule has 1 saturated carbocycles. The third kappa shape index (κ3) is 4.30. The van der Waals surface area contributed by atoms with Crippen molar-refractivity contribution in [2.24, 2.45) is 16.6 Å². The highest BCUT2D eigenvalue weighted by Gasteiger charge is 2.48. The summed E-state index contributed by atoms with van der Waals surface area (Å²) in [4.78, 5) is 4.21. The van der Waals surface area contributed by atoms with Gasteiger partial charge in [-0.05, 0) is 24.5 Å². The highest BCUT2D eigenvalue weighted by Crippen LogP contribution is 2.54. The van der Waals surface area contributed by atoms with Gasteiger partial charge in [-0.2, -0.15) is 0 Å². The van der Waals surface area contributed by atoms with E-state index in [1.165, 1.54) is 17.8 Å². The SMILES string of the molecule is CF.COC.NC1=NC(c2cc(N)cc(F)c2F)C2CC2S1. The molecule has 1 aromatic rings. The lowest BCUT2D eigenvalue weighted by Crippen LogP contribution is -2.18. The van der Waals surface area contributed by atoms with Gasteiger partial charge in [0.2, 0.25) is 0 Å². The minimum atomic E-state index is -0.927. The Morgan fingerprint density at radius 2 is 1.82 bits per heavy atom. The van der Waals surface area contributed by atoms with Crippen LogP contribution in [0.3, 0.4) is 0 Å². The van der Waals surface area contributed by atoms with Crippen LogP contribution in [0.2, 0.25) is 0 Å². The number of alkyl halides is 1. The lowest BCUT2D eigenvalue weighted by molar-refractivity contribution is 0.277. The molecule has 1 aliphatic carbocycles. The van der Waals surface area contributed by atoms with Crippen molar-refractivity contribution in [1.29, 1.82) is 0 Å². The van der Waals surface area contributed by atoms with Crippen LogP contribution < -0.4 is 11.5 Å². The van der Waals surface area contributed by atoms with Gasteiger partial charge in [-0.3, -0.25) is 9.38 Å². The molecule has 1 aliphatic heterocycles. The number of methoxy groups -OCH3 is 1. The number of amidine groups is 1. The fourth-order valence-corrected chi connectivity index (χ4v) is 3.35. The monoisotopic (exact) mass is 335 g/mol. The molecule has 3 atom stereocenters. The molecule has 2 aliphatic rings. The van der Waals surface area contributed by atoms with Crippen LogP contribution in [0.5, 0.6) is 0 Å². The Labute approximate surface area is 132 Å². The molecule has 0 spiro atoms. The van der Waals surface area contributed by atoms with Crippen molar-refractivity contribution in [3.63, 3.8) is 0 Å². The van der Waals surface area contributed by atoms with E-state index in [2.05, 4.69) is 9.73 Å². The first-order valence-electron chi connectivity index (χ1n) is 6.50. The maximum absolute atomic E-state index is 13.7. The van der Waals surface area contributed by atoms with Gasteiger partial charge in [0.25, 0.3) is 0 Å². The molecular formula is C14H20F3N3OS. The zero-order chi connectivity index (χ0) is 16.9. The van der Waals surface area contributed by atoms with Gasteiger partial charge in [-0.1, -0.05) is 11.8 Å². The molecule has 0 bridgehead atoms. The van der Waals surface area contributed by atoms with E-state index in [1.807, 2.05) is 0 Å². The number of nitrogens with zero attached hydrogens (tertiary/aromatic N) is 1. The Bertz CT molecular complexity index is 542. The molecule has 0 amide bonds. The highest BCUT2D eigenvalue weighted by molar-refractivity contribution is 8.14. The van der Waals surface area contributed by atoms with Crippen LogP contribution >= 0.6 is 11.8 Å². The maximum Gasteiger partial charge on any atom is 0.164 e. The van der Waals surface area contributed by atoms with Gasteiger partial charge < -0.3 is 16.2 Å². The van der Waals surface area contributed by atoms with Crippen molar-refractivity contribution in [1.82, 2.24) is 0 Å². The number of thioether (sulfide) groups is 1. The second-order valence-corrected chi connectivity index (χ2v) is 6.04. The van der Waals surface area contributed by atoms with E-state index in [-0.39, 0.29) is 23.2 Å². The summed E-state index contributed by atoms with van der Waals surface area (Å²) in [5.41, 5.74) is 11.6. The Morgan fingerprint density at radius 3 is 2.41 bits per heavy atom. The van der Waals surface area contributed by atoms with Crippen LogP contribution in [-0.2, 0) is 4.74 Å². The molecule has 1 fully saturated rings. The number of halogens is 3. The summed E-state index contributed by atoms with van der Waals surface area (Å²) in [6.45, 7) is 0. The van der Waals surface area contributed by atoms with E-state index >= 15 is 0 Å². The Morgan fingerprint density at radius 1 is 1.23 bits per heavy atom. The molecule has 3 unspecified atom stereocenters. The van der Waals surface area contributed by atoms with Gasteiger partial charge in [0.15, 0.2) is 16.8 Å². The third-order valence-electron chi connectivity index (χ3n) is 3.12. The van der Waals surface area contributed by atoms with Crippen LogP contribution in [0, 0.1) is 17.6 Å². The number of anilines is 1. The van der Waals surface area contributed by atoms with E-state index in [0.717, 1.165) is 12.5 Å². The van der Waals surface area contributed by atoms with Crippen molar-refractivity contribution >= 4 is 22.6 Å². The molecule has 1 heterocycles. The molecular weight excluding hydrogens is 315 g/mol. The standard InChI is InChI=1S/C11H11F2N3S.C2H6O.CH3F/c12-7-2-4(14)1-6(9(7)13)10-5-3-8(5)17-11(15)16-10;1-3-2;1-2/h1-2,5,8,10H,3,14H2,(H2,15,16);1-2H3;1H3. The Kier molecular flexibility index (Phi) is 7.02. The number of aliphatic imine (C=N–C) groups is 1. The van der Waals surface area contributed by atoms with E-state index in [4.69, 9.17) is 11.5 Å². The number of nitrogens with two attached hydrogens (primary N) is 2. The summed E-state index contributed by atoms with van der Waals surface area (Å²) in [5.74, 6) is -1.54. The van der Waals surface area contributed by atoms with Crippen molar-refractivity contribution in [3.8, 4) is 0 Å². The first-order valence-corrected chi connectivity index (χ1v) is 7.38. The lowest BCUT2D eigenvalue weighted by atomic mass is 10.0. The topological polar surface area (TPSA) is 73.6 Å². The summed E-state index contributed by atoms with van der Waals surface area (Å²) < 4.78 is 40.8. The summed E-state index contributed by atoms with van der Waals surface area (Å²) >= 11 is 1.51. The number of hydrogen-bond acceptors (Lipinski definition) is 5. The zero-order valence-electron chi connectivity index (χ0n) is 12.6. The van der Waals surface area contributed by atoms with E-state index in [0.29, 0.717) is 17.6 Å². The normalized spacial score (nSPS) is 24.8. The molecule has 22 heavy (non-hydrogen) atoms. The van der Waals surface area contributed by atoms with Crippen LogP contribution in [-0.4, -0.2) is 31.8 Å². The molecule has 0 aromatic heterocycles. The Hall–Kier alpha value is -1.41. The fourth-order valence-electron chi connectivity index (χ4n) is 2.22. The first kappa shape index (κ1) is 18.6. The van der Waals surface area contributed by atoms with Gasteiger partial charge >= 0.3 is 0 Å². The number of rotatable bonds is 1. The van der Waals surface area contributed by atoms with Crippen molar-refractivity contribution in [2.75, 3.05) is 27.1 Å². The van der Waals surface area contributed by atoms with Gasteiger partial charge in [0.05, 0.1) is 13.2 Å². The van der Waals surface area contributed by atoms with E-state index in [1.54, 1.807) is 14.2 Å². The van der Waals surface area contributed by atoms with Crippen LogP contribution in [0.4, 0.5) is 18.9 Å². The minimum Gasteiger partial charge on any atom is -0.399 e. The molecule has 4 nitrogen and oxygen atoms in total. The molecule has 1 aromatic carbocycles. The number of ether oxygens (including phenoxy) is 1. The van der Waals surface area contributed by atoms with Crippen LogP contribution in [0.25, 0.3) is 0 Å². The van der Waals surface area contributed by atoms with Gasteiger partial charge in [0, 0.05) is 30.7 Å².